The average Bonchev–Trinajstić information content (AvgIpc) is 3.63. The number of para-hydroxylation sites is 1. The molecule has 5 aromatic carbocycles. The second-order valence-electron chi connectivity index (χ2n) is 18.0. The second kappa shape index (κ2) is 9.93. The molecule has 0 atom stereocenters. The molecular formula is C48H47NO. The van der Waals surface area contributed by atoms with Crippen molar-refractivity contribution in [2.24, 2.45) is 23.7 Å². The van der Waals surface area contributed by atoms with E-state index in [1.807, 2.05) is 0 Å². The third-order valence-electron chi connectivity index (χ3n) is 14.5. The van der Waals surface area contributed by atoms with Crippen LogP contribution in [0.25, 0.3) is 33.1 Å². The van der Waals surface area contributed by atoms with Crippen molar-refractivity contribution < 1.29 is 4.42 Å². The lowest BCUT2D eigenvalue weighted by molar-refractivity contribution is -0.0397. The van der Waals surface area contributed by atoms with Gasteiger partial charge in [0.05, 0.1) is 5.69 Å². The van der Waals surface area contributed by atoms with Gasteiger partial charge in [-0.15, -0.1) is 0 Å². The zero-order valence-electron chi connectivity index (χ0n) is 29.9. The van der Waals surface area contributed by atoms with Crippen LogP contribution >= 0.6 is 0 Å². The van der Waals surface area contributed by atoms with Crippen LogP contribution in [0.1, 0.15) is 94.9 Å². The number of hydrogen-bond donors (Lipinski definition) is 0. The quantitative estimate of drug-likeness (QED) is 0.189. The third kappa shape index (κ3) is 3.81. The fourth-order valence-electron chi connectivity index (χ4n) is 12.4. The Morgan fingerprint density at radius 3 is 1.98 bits per heavy atom. The predicted octanol–water partition coefficient (Wildman–Crippen LogP) is 13.1. The van der Waals surface area contributed by atoms with Crippen molar-refractivity contribution in [3.63, 3.8) is 0 Å². The highest BCUT2D eigenvalue weighted by Crippen LogP contribution is 2.71. The summed E-state index contributed by atoms with van der Waals surface area (Å²) >= 11 is 0. The first-order valence-electron chi connectivity index (χ1n) is 19.3. The number of fused-ring (bicyclic) bond motifs is 7. The minimum Gasteiger partial charge on any atom is -0.456 e. The van der Waals surface area contributed by atoms with Gasteiger partial charge in [0.2, 0.25) is 0 Å². The van der Waals surface area contributed by atoms with Gasteiger partial charge in [0.15, 0.2) is 0 Å². The number of anilines is 3. The molecule has 6 aliphatic carbocycles. The fourth-order valence-corrected chi connectivity index (χ4v) is 12.4. The molecule has 0 unspecified atom stereocenters. The van der Waals surface area contributed by atoms with Crippen molar-refractivity contribution in [1.82, 2.24) is 0 Å². The Kier molecular flexibility index (Phi) is 5.85. The Morgan fingerprint density at radius 2 is 1.18 bits per heavy atom. The molecule has 0 aliphatic heterocycles. The molecule has 2 heteroatoms. The molecular weight excluding hydrogens is 607 g/mol. The molecule has 6 aliphatic rings. The SMILES string of the molecule is CC1(C)CCC(C)(C)c2cc(N(c3ccc4c(c3)oc3ccccc34)c3cccc4c3C3(c5ccccc5-4)C4CC5CC(C4)CC3C5)ccc21. The van der Waals surface area contributed by atoms with Gasteiger partial charge in [-0.25, -0.2) is 0 Å². The highest BCUT2D eigenvalue weighted by atomic mass is 16.3. The first-order valence-corrected chi connectivity index (χ1v) is 19.3. The van der Waals surface area contributed by atoms with Crippen LogP contribution in [0.2, 0.25) is 0 Å². The molecule has 250 valence electrons. The summed E-state index contributed by atoms with van der Waals surface area (Å²) in [6.45, 7) is 9.78. The molecule has 1 aromatic heterocycles. The molecule has 0 amide bonds. The van der Waals surface area contributed by atoms with Crippen LogP contribution in [0.15, 0.2) is 108 Å². The molecule has 6 aromatic rings. The van der Waals surface area contributed by atoms with E-state index in [4.69, 9.17) is 4.42 Å². The number of hydrogen-bond acceptors (Lipinski definition) is 2. The maximum Gasteiger partial charge on any atom is 0.137 e. The number of rotatable bonds is 3. The molecule has 50 heavy (non-hydrogen) atoms. The van der Waals surface area contributed by atoms with E-state index in [9.17, 15) is 0 Å². The van der Waals surface area contributed by atoms with E-state index in [2.05, 4.69) is 136 Å². The highest BCUT2D eigenvalue weighted by molar-refractivity contribution is 6.06. The molecule has 4 saturated carbocycles. The van der Waals surface area contributed by atoms with Gasteiger partial charge in [-0.1, -0.05) is 88.4 Å². The zero-order chi connectivity index (χ0) is 33.6. The molecule has 0 saturated heterocycles. The molecule has 1 heterocycles. The number of benzene rings is 5. The summed E-state index contributed by atoms with van der Waals surface area (Å²) < 4.78 is 6.57. The van der Waals surface area contributed by atoms with Gasteiger partial charge >= 0.3 is 0 Å². The van der Waals surface area contributed by atoms with Crippen molar-refractivity contribution in [2.75, 3.05) is 4.90 Å². The Hall–Kier alpha value is -4.30. The number of nitrogens with zero attached hydrogens (tertiary/aromatic N) is 1. The normalized spacial score (nSPS) is 27.8. The van der Waals surface area contributed by atoms with Gasteiger partial charge in [-0.3, -0.25) is 0 Å². The maximum absolute atomic E-state index is 6.57. The van der Waals surface area contributed by atoms with Crippen molar-refractivity contribution in [3.8, 4) is 11.1 Å². The Bertz CT molecular complexity index is 2340. The largest absolute Gasteiger partial charge is 0.456 e. The molecule has 0 radical (unpaired) electrons. The smallest absolute Gasteiger partial charge is 0.137 e. The van der Waals surface area contributed by atoms with E-state index in [-0.39, 0.29) is 16.2 Å². The first kappa shape index (κ1) is 29.4. The Balaban J connectivity index is 1.20. The van der Waals surface area contributed by atoms with Crippen molar-refractivity contribution in [2.45, 2.75) is 88.9 Å². The maximum atomic E-state index is 6.57. The van der Waals surface area contributed by atoms with E-state index >= 15 is 0 Å². The molecule has 0 N–H and O–H groups in total. The summed E-state index contributed by atoms with van der Waals surface area (Å²) in [4.78, 5) is 2.63. The monoisotopic (exact) mass is 653 g/mol. The highest BCUT2D eigenvalue weighted by Gasteiger charge is 2.62. The Morgan fingerprint density at radius 1 is 0.540 bits per heavy atom. The fraction of sp³-hybridized carbons (Fsp3) is 0.375. The van der Waals surface area contributed by atoms with Crippen LogP contribution in [-0.2, 0) is 16.2 Å². The minimum atomic E-state index is 0.0626. The lowest BCUT2D eigenvalue weighted by Gasteiger charge is -2.61. The zero-order valence-corrected chi connectivity index (χ0v) is 29.9. The van der Waals surface area contributed by atoms with E-state index in [0.717, 1.165) is 23.0 Å². The minimum absolute atomic E-state index is 0.0626. The first-order chi connectivity index (χ1) is 24.2. The van der Waals surface area contributed by atoms with Crippen LogP contribution in [0.5, 0.6) is 0 Å². The van der Waals surface area contributed by atoms with Gasteiger partial charge in [0, 0.05) is 33.6 Å². The van der Waals surface area contributed by atoms with Crippen LogP contribution in [0.4, 0.5) is 17.1 Å². The van der Waals surface area contributed by atoms with E-state index in [0.29, 0.717) is 11.8 Å². The third-order valence-corrected chi connectivity index (χ3v) is 14.5. The average molecular weight is 654 g/mol. The summed E-state index contributed by atoms with van der Waals surface area (Å²) in [5.74, 6) is 3.21. The topological polar surface area (TPSA) is 16.4 Å². The van der Waals surface area contributed by atoms with E-state index in [1.54, 1.807) is 11.1 Å². The lowest BCUT2D eigenvalue weighted by atomic mass is 9.43. The lowest BCUT2D eigenvalue weighted by Crippen LogP contribution is -2.55. The van der Waals surface area contributed by atoms with E-state index < -0.39 is 0 Å². The van der Waals surface area contributed by atoms with Crippen LogP contribution in [-0.4, -0.2) is 0 Å². The van der Waals surface area contributed by atoms with Crippen LogP contribution in [0, 0.1) is 23.7 Å². The molecule has 4 fully saturated rings. The number of furan rings is 1. The summed E-state index contributed by atoms with van der Waals surface area (Å²) in [6, 6.07) is 39.6. The summed E-state index contributed by atoms with van der Waals surface area (Å²) in [5.41, 5.74) is 15.2. The van der Waals surface area contributed by atoms with Crippen molar-refractivity contribution in [3.05, 3.63) is 125 Å². The summed E-state index contributed by atoms with van der Waals surface area (Å²) in [5, 5.41) is 2.36. The van der Waals surface area contributed by atoms with E-state index in [1.165, 1.54) is 95.0 Å². The van der Waals surface area contributed by atoms with Crippen LogP contribution in [0.3, 0.4) is 0 Å². The summed E-state index contributed by atoms with van der Waals surface area (Å²) in [7, 11) is 0. The van der Waals surface area contributed by atoms with Crippen molar-refractivity contribution in [1.29, 1.82) is 0 Å². The molecule has 4 bridgehead atoms. The molecule has 12 rings (SSSR count). The van der Waals surface area contributed by atoms with Gasteiger partial charge in [0.1, 0.15) is 11.2 Å². The standard InChI is InChI=1S/C48H47NO/c1-46(2)20-21-47(3,4)41-27-33(17-19-40(41)46)49(34-16-18-37-36-11-6-8-15-43(36)50-44(37)28-34)42-14-9-12-38-35-10-5-7-13-39(35)48(45(38)42)31-23-29-22-30(25-31)26-32(48)24-29/h5-19,27-32H,20-26H2,1-4H3. The Labute approximate surface area is 296 Å². The van der Waals surface area contributed by atoms with Crippen molar-refractivity contribution >= 4 is 39.0 Å². The van der Waals surface area contributed by atoms with Gasteiger partial charge in [-0.05, 0) is 149 Å². The summed E-state index contributed by atoms with van der Waals surface area (Å²) in [6.07, 6.45) is 9.39. The van der Waals surface area contributed by atoms with Crippen LogP contribution < -0.4 is 4.90 Å². The van der Waals surface area contributed by atoms with Gasteiger partial charge < -0.3 is 9.32 Å². The second-order valence-corrected chi connectivity index (χ2v) is 18.0. The van der Waals surface area contributed by atoms with Gasteiger partial charge in [-0.2, -0.15) is 0 Å². The molecule has 2 nitrogen and oxygen atoms in total. The predicted molar refractivity (Wildman–Crippen MR) is 207 cm³/mol. The molecule has 1 spiro atoms. The van der Waals surface area contributed by atoms with Gasteiger partial charge in [0.25, 0.3) is 0 Å².